The van der Waals surface area contributed by atoms with Crippen LogP contribution in [0.2, 0.25) is 0 Å². The van der Waals surface area contributed by atoms with Gasteiger partial charge in [0.1, 0.15) is 11.5 Å². The molecule has 1 aromatic rings. The van der Waals surface area contributed by atoms with Crippen molar-refractivity contribution in [3.8, 4) is 11.5 Å². The van der Waals surface area contributed by atoms with Crippen LogP contribution in [0.1, 0.15) is 24.4 Å². The van der Waals surface area contributed by atoms with Crippen molar-refractivity contribution in [3.63, 3.8) is 0 Å². The SMILES string of the molecule is [2H]C([2H])(NC(=O)OCCC)C([2H])([2H])c1cc(OC)c(Br)cc1OC. The number of benzene rings is 1. The van der Waals surface area contributed by atoms with Gasteiger partial charge in [-0.3, -0.25) is 0 Å². The quantitative estimate of drug-likeness (QED) is 0.821. The van der Waals surface area contributed by atoms with E-state index in [0.717, 1.165) is 0 Å². The number of hydrogen-bond acceptors (Lipinski definition) is 4. The molecule has 0 aromatic heterocycles. The van der Waals surface area contributed by atoms with Gasteiger partial charge in [-0.25, -0.2) is 4.79 Å². The molecule has 1 rings (SSSR count). The van der Waals surface area contributed by atoms with Crippen molar-refractivity contribution in [2.75, 3.05) is 27.3 Å². The van der Waals surface area contributed by atoms with Gasteiger partial charge in [-0.2, -0.15) is 0 Å². The molecule has 0 saturated carbocycles. The molecule has 0 radical (unpaired) electrons. The first-order valence-electron chi connectivity index (χ1n) is 7.97. The highest BCUT2D eigenvalue weighted by atomic mass is 79.9. The summed E-state index contributed by atoms with van der Waals surface area (Å²) in [5.41, 5.74) is -0.106. The molecule has 0 aliphatic carbocycles. The van der Waals surface area contributed by atoms with Crippen LogP contribution in [-0.2, 0) is 11.1 Å². The first-order chi connectivity index (χ1) is 11.1. The molecule has 0 unspecified atom stereocenters. The lowest BCUT2D eigenvalue weighted by atomic mass is 10.1. The number of aryl methyl sites for hydroxylation is 1. The third-order valence-corrected chi connectivity index (χ3v) is 2.89. The van der Waals surface area contributed by atoms with Crippen molar-refractivity contribution in [1.82, 2.24) is 5.32 Å². The van der Waals surface area contributed by atoms with Crippen molar-refractivity contribution in [3.05, 3.63) is 22.2 Å². The first-order valence-corrected chi connectivity index (χ1v) is 6.77. The van der Waals surface area contributed by atoms with E-state index in [9.17, 15) is 4.79 Å². The second-order valence-corrected chi connectivity index (χ2v) is 4.55. The van der Waals surface area contributed by atoms with Gasteiger partial charge in [0, 0.05) is 12.0 Å². The van der Waals surface area contributed by atoms with Crippen LogP contribution in [0.15, 0.2) is 16.6 Å². The summed E-state index contributed by atoms with van der Waals surface area (Å²) in [5, 5.41) is 1.92. The van der Waals surface area contributed by atoms with E-state index in [1.807, 2.05) is 5.32 Å². The monoisotopic (exact) mass is 349 g/mol. The van der Waals surface area contributed by atoms with Crippen LogP contribution in [0.4, 0.5) is 4.79 Å². The Hall–Kier alpha value is -1.43. The molecule has 20 heavy (non-hydrogen) atoms. The lowest BCUT2D eigenvalue weighted by molar-refractivity contribution is 0.146. The maximum atomic E-state index is 11.6. The van der Waals surface area contributed by atoms with Crippen LogP contribution in [0.5, 0.6) is 11.5 Å². The van der Waals surface area contributed by atoms with Gasteiger partial charge in [-0.1, -0.05) is 6.92 Å². The summed E-state index contributed by atoms with van der Waals surface area (Å²) in [5.74, 6) is 0.416. The number of amides is 1. The van der Waals surface area contributed by atoms with Crippen molar-refractivity contribution in [1.29, 1.82) is 0 Å². The minimum absolute atomic E-state index is 0.106. The molecular formula is C14H20BrNO4. The molecule has 0 saturated heterocycles. The molecule has 5 nitrogen and oxygen atoms in total. The van der Waals surface area contributed by atoms with E-state index in [-0.39, 0.29) is 17.9 Å². The zero-order valence-electron chi connectivity index (χ0n) is 15.6. The Balaban J connectivity index is 3.23. The molecule has 0 spiro atoms. The summed E-state index contributed by atoms with van der Waals surface area (Å²) in [6, 6.07) is 2.79. The number of carbonyl (C=O) groups is 1. The first kappa shape index (κ1) is 11.3. The molecular weight excluding hydrogens is 326 g/mol. The van der Waals surface area contributed by atoms with Crippen LogP contribution in [0, 0.1) is 0 Å². The summed E-state index contributed by atoms with van der Waals surface area (Å²) < 4.78 is 47.9. The number of halogens is 1. The van der Waals surface area contributed by atoms with Crippen molar-refractivity contribution < 1.29 is 24.5 Å². The Morgan fingerprint density at radius 1 is 1.35 bits per heavy atom. The highest BCUT2D eigenvalue weighted by Gasteiger charge is 2.10. The van der Waals surface area contributed by atoms with Crippen molar-refractivity contribution in [2.45, 2.75) is 19.7 Å². The smallest absolute Gasteiger partial charge is 0.407 e. The number of methoxy groups -OCH3 is 2. The molecule has 1 N–H and O–H groups in total. The minimum Gasteiger partial charge on any atom is -0.496 e. The van der Waals surface area contributed by atoms with E-state index < -0.39 is 19.0 Å². The number of rotatable bonds is 7. The molecule has 0 bridgehead atoms. The van der Waals surface area contributed by atoms with Gasteiger partial charge < -0.3 is 19.5 Å². The summed E-state index contributed by atoms with van der Waals surface area (Å²) >= 11 is 3.26. The third-order valence-electron chi connectivity index (χ3n) is 2.27. The van der Waals surface area contributed by atoms with Gasteiger partial charge in [0.05, 0.1) is 25.3 Å². The maximum absolute atomic E-state index is 11.6. The lowest BCUT2D eigenvalue weighted by Gasteiger charge is -2.12. The second kappa shape index (κ2) is 8.68. The topological polar surface area (TPSA) is 56.8 Å². The predicted octanol–water partition coefficient (Wildman–Crippen LogP) is 3.15. The van der Waals surface area contributed by atoms with Crippen molar-refractivity contribution >= 4 is 22.0 Å². The maximum Gasteiger partial charge on any atom is 0.407 e. The van der Waals surface area contributed by atoms with Crippen molar-refractivity contribution in [2.24, 2.45) is 0 Å². The van der Waals surface area contributed by atoms with E-state index in [0.29, 0.717) is 16.6 Å². The average molecular weight is 350 g/mol. The number of hydrogen-bond donors (Lipinski definition) is 1. The molecule has 1 amide bonds. The van der Waals surface area contributed by atoms with E-state index in [1.54, 1.807) is 6.92 Å². The van der Waals surface area contributed by atoms with Gasteiger partial charge in [0.25, 0.3) is 0 Å². The molecule has 112 valence electrons. The summed E-state index contributed by atoms with van der Waals surface area (Å²) in [6.07, 6.45) is -3.08. The van der Waals surface area contributed by atoms with Crippen LogP contribution in [-0.4, -0.2) is 33.4 Å². The Morgan fingerprint density at radius 2 is 2.05 bits per heavy atom. The van der Waals surface area contributed by atoms with E-state index >= 15 is 0 Å². The predicted molar refractivity (Wildman–Crippen MR) is 80.6 cm³/mol. The zero-order valence-corrected chi connectivity index (χ0v) is 13.2. The van der Waals surface area contributed by atoms with Crippen LogP contribution < -0.4 is 14.8 Å². The van der Waals surface area contributed by atoms with E-state index in [1.165, 1.54) is 26.4 Å². The zero-order chi connectivity index (χ0) is 18.5. The van der Waals surface area contributed by atoms with Crippen LogP contribution in [0.25, 0.3) is 0 Å². The number of ether oxygens (including phenoxy) is 3. The van der Waals surface area contributed by atoms with E-state index in [2.05, 4.69) is 15.9 Å². The molecule has 1 aromatic carbocycles. The second-order valence-electron chi connectivity index (χ2n) is 3.70. The van der Waals surface area contributed by atoms with Gasteiger partial charge in [0.2, 0.25) is 0 Å². The Kier molecular flexibility index (Phi) is 4.89. The van der Waals surface area contributed by atoms with Crippen LogP contribution >= 0.6 is 15.9 Å². The summed E-state index contributed by atoms with van der Waals surface area (Å²) in [7, 11) is 2.74. The van der Waals surface area contributed by atoms with E-state index in [4.69, 9.17) is 19.7 Å². The molecule has 0 aliphatic rings. The highest BCUT2D eigenvalue weighted by molar-refractivity contribution is 9.10. The van der Waals surface area contributed by atoms with Gasteiger partial charge >= 0.3 is 6.09 Å². The fraction of sp³-hybridized carbons (Fsp3) is 0.500. The minimum atomic E-state index is -2.75. The fourth-order valence-electron chi connectivity index (χ4n) is 1.34. The highest BCUT2D eigenvalue weighted by Crippen LogP contribution is 2.32. The van der Waals surface area contributed by atoms with Gasteiger partial charge in [-0.05, 0) is 46.4 Å². The number of alkyl carbamates (subject to hydrolysis) is 1. The Bertz CT molecular complexity index is 598. The average Bonchev–Trinajstić information content (AvgIpc) is 2.51. The molecule has 0 heterocycles. The number of carbonyl (C=O) groups excluding carboxylic acids is 1. The summed E-state index contributed by atoms with van der Waals surface area (Å²) in [6.45, 7) is -0.843. The molecule has 0 aliphatic heterocycles. The third kappa shape index (κ3) is 4.92. The normalized spacial score (nSPS) is 14.4. The van der Waals surface area contributed by atoms with Crippen LogP contribution in [0.3, 0.4) is 0 Å². The molecule has 6 heteroatoms. The fourth-order valence-corrected chi connectivity index (χ4v) is 1.82. The lowest BCUT2D eigenvalue weighted by Crippen LogP contribution is -2.26. The summed E-state index contributed by atoms with van der Waals surface area (Å²) in [4.78, 5) is 11.6. The molecule has 0 fully saturated rings. The standard InChI is InChI=1S/C14H20BrNO4/c1-4-7-20-14(17)16-6-5-10-8-13(19-3)11(15)9-12(10)18-2/h8-9H,4-7H2,1-3H3,(H,16,17)/i5D2,6D2. The van der Waals surface area contributed by atoms with Gasteiger partial charge in [-0.15, -0.1) is 0 Å². The Labute approximate surface area is 133 Å². The largest absolute Gasteiger partial charge is 0.496 e. The van der Waals surface area contributed by atoms with Gasteiger partial charge in [0.15, 0.2) is 0 Å². The molecule has 0 atom stereocenters. The Morgan fingerprint density at radius 3 is 2.65 bits per heavy atom. The number of nitrogens with one attached hydrogen (secondary N) is 1.